The first-order valence-electron chi connectivity index (χ1n) is 11.4. The minimum Gasteiger partial charge on any atom is -0.481 e. The zero-order valence-electron chi connectivity index (χ0n) is 19.1. The molecule has 1 N–H and O–H groups in total. The third kappa shape index (κ3) is 7.40. The minimum absolute atomic E-state index is 0.0167. The number of likely N-dealkylation sites (tertiary alicyclic amines) is 1. The van der Waals surface area contributed by atoms with Crippen molar-refractivity contribution in [2.24, 2.45) is 5.18 Å². The number of carboxylic acid groups (broad SMARTS) is 1. The van der Waals surface area contributed by atoms with Crippen LogP contribution in [0.25, 0.3) is 0 Å². The second-order valence-electron chi connectivity index (χ2n) is 8.68. The highest BCUT2D eigenvalue weighted by Gasteiger charge is 2.28. The van der Waals surface area contributed by atoms with Gasteiger partial charge in [0.15, 0.2) is 0 Å². The molecule has 184 valence electrons. The number of hydrogen-bond donors (Lipinski definition) is 1. The van der Waals surface area contributed by atoms with Gasteiger partial charge in [0.2, 0.25) is 0 Å². The molecule has 0 aliphatic carbocycles. The molecule has 0 unspecified atom stereocenters. The summed E-state index contributed by atoms with van der Waals surface area (Å²) in [5, 5.41) is 14.0. The molecule has 0 saturated carbocycles. The van der Waals surface area contributed by atoms with E-state index in [4.69, 9.17) is 44.6 Å². The van der Waals surface area contributed by atoms with E-state index in [2.05, 4.69) is 10.1 Å². The van der Waals surface area contributed by atoms with Crippen LogP contribution in [0.4, 0.5) is 0 Å². The lowest BCUT2D eigenvalue weighted by Gasteiger charge is -2.27. The molecule has 1 saturated heterocycles. The Bertz CT molecular complexity index is 1000. The van der Waals surface area contributed by atoms with Gasteiger partial charge in [-0.05, 0) is 74.0 Å². The monoisotopic (exact) mass is 526 g/mol. The fraction of sp³-hybridized carbons (Fsp3) is 0.480. The van der Waals surface area contributed by atoms with Crippen molar-refractivity contribution in [2.45, 2.75) is 57.2 Å². The Morgan fingerprint density at radius 3 is 2.71 bits per heavy atom. The molecule has 34 heavy (non-hydrogen) atoms. The van der Waals surface area contributed by atoms with Gasteiger partial charge in [-0.25, -0.2) is 0 Å². The quantitative estimate of drug-likeness (QED) is 0.315. The average molecular weight is 528 g/mol. The second kappa shape index (κ2) is 12.8. The summed E-state index contributed by atoms with van der Waals surface area (Å²) in [5.74, 6) is -0.884. The molecule has 0 aromatic heterocycles. The summed E-state index contributed by atoms with van der Waals surface area (Å²) >= 11 is 18.5. The van der Waals surface area contributed by atoms with Crippen molar-refractivity contribution in [1.29, 1.82) is 0 Å². The van der Waals surface area contributed by atoms with Gasteiger partial charge in [0, 0.05) is 24.0 Å². The van der Waals surface area contributed by atoms with Gasteiger partial charge in [-0.15, -0.1) is 0 Å². The molecule has 9 heteroatoms. The molecule has 0 radical (unpaired) electrons. The maximum atomic E-state index is 11.6. The topological polar surface area (TPSA) is 79.2 Å². The molecule has 1 heterocycles. The van der Waals surface area contributed by atoms with Crippen molar-refractivity contribution in [3.63, 3.8) is 0 Å². The van der Waals surface area contributed by atoms with Gasteiger partial charge in [-0.2, -0.15) is 4.91 Å². The van der Waals surface area contributed by atoms with E-state index >= 15 is 0 Å². The first-order valence-corrected chi connectivity index (χ1v) is 12.5. The van der Waals surface area contributed by atoms with E-state index in [-0.39, 0.29) is 19.1 Å². The van der Waals surface area contributed by atoms with E-state index in [0.717, 1.165) is 42.5 Å². The Balaban J connectivity index is 1.59. The second-order valence-corrected chi connectivity index (χ2v) is 9.90. The molecule has 1 aliphatic heterocycles. The highest BCUT2D eigenvalue weighted by atomic mass is 35.5. The number of ether oxygens (including phenoxy) is 1. The third-order valence-corrected chi connectivity index (χ3v) is 7.36. The molecular formula is C25H29Cl3N2O4. The fourth-order valence-corrected chi connectivity index (χ4v) is 5.09. The molecular weight excluding hydrogens is 499 g/mol. The highest BCUT2D eigenvalue weighted by molar-refractivity contribution is 6.42. The molecule has 1 fully saturated rings. The van der Waals surface area contributed by atoms with Crippen molar-refractivity contribution in [1.82, 2.24) is 4.90 Å². The first-order chi connectivity index (χ1) is 16.3. The number of nitroso groups, excluding NO2 is 1. The largest absolute Gasteiger partial charge is 0.481 e. The van der Waals surface area contributed by atoms with Gasteiger partial charge in [0.05, 0.1) is 22.8 Å². The maximum Gasteiger partial charge on any atom is 0.303 e. The smallest absolute Gasteiger partial charge is 0.303 e. The van der Waals surface area contributed by atoms with Crippen LogP contribution in [0, 0.1) is 4.91 Å². The lowest BCUT2D eigenvalue weighted by molar-refractivity contribution is -0.136. The van der Waals surface area contributed by atoms with Crippen molar-refractivity contribution in [2.75, 3.05) is 19.7 Å². The number of benzene rings is 2. The van der Waals surface area contributed by atoms with Crippen LogP contribution in [-0.4, -0.2) is 47.8 Å². The molecule has 0 bridgehead atoms. The van der Waals surface area contributed by atoms with Crippen molar-refractivity contribution in [3.8, 4) is 0 Å². The standard InChI is InChI=1S/C25H29Cl3N2O4/c1-16(20-5-2-6-22(26)21(20)8-10-25(31)32)34-15-18(29-33)14-30-11-3-4-19(30)12-17-7-9-23(27)24(28)13-17/h2,5-7,9,13,16,18-19H,3-4,8,10-12,14-15H2,1H3,(H,31,32)/t16-,18-,19+/m1/s1. The normalized spacial score (nSPS) is 18.1. The Labute approximate surface area is 215 Å². The van der Waals surface area contributed by atoms with E-state index in [1.165, 1.54) is 0 Å². The summed E-state index contributed by atoms with van der Waals surface area (Å²) in [6.07, 6.45) is 2.88. The van der Waals surface area contributed by atoms with Crippen LogP contribution in [0.2, 0.25) is 15.1 Å². The molecule has 3 atom stereocenters. The van der Waals surface area contributed by atoms with Crippen molar-refractivity contribution in [3.05, 3.63) is 73.1 Å². The van der Waals surface area contributed by atoms with E-state index in [1.54, 1.807) is 6.07 Å². The lowest BCUT2D eigenvalue weighted by Crippen LogP contribution is -2.38. The lowest BCUT2D eigenvalue weighted by atomic mass is 9.99. The van der Waals surface area contributed by atoms with Crippen molar-refractivity contribution < 1.29 is 14.6 Å². The minimum atomic E-state index is -0.884. The van der Waals surface area contributed by atoms with Crippen LogP contribution >= 0.6 is 34.8 Å². The SMILES string of the molecule is C[C@@H](OC[C@@H](CN1CCC[C@H]1Cc1ccc(Cl)c(Cl)c1)N=O)c1cccc(Cl)c1CCC(=O)O. The van der Waals surface area contributed by atoms with E-state index in [0.29, 0.717) is 34.1 Å². The van der Waals surface area contributed by atoms with Crippen molar-refractivity contribution >= 4 is 40.8 Å². The molecule has 3 rings (SSSR count). The predicted octanol–water partition coefficient (Wildman–Crippen LogP) is 6.58. The predicted molar refractivity (Wildman–Crippen MR) is 136 cm³/mol. The zero-order valence-corrected chi connectivity index (χ0v) is 21.3. The number of aliphatic carboxylic acids is 1. The molecule has 1 aliphatic rings. The number of carboxylic acids is 1. The molecule has 0 spiro atoms. The van der Waals surface area contributed by atoms with Gasteiger partial charge in [0.25, 0.3) is 0 Å². The number of nitrogens with zero attached hydrogens (tertiary/aromatic N) is 2. The summed E-state index contributed by atoms with van der Waals surface area (Å²) in [6, 6.07) is 10.9. The van der Waals surface area contributed by atoms with Gasteiger partial charge >= 0.3 is 5.97 Å². The molecule has 2 aromatic carbocycles. The van der Waals surface area contributed by atoms with Gasteiger partial charge in [0.1, 0.15) is 6.04 Å². The van der Waals surface area contributed by atoms with Gasteiger partial charge < -0.3 is 9.84 Å². The van der Waals surface area contributed by atoms with E-state index < -0.39 is 12.0 Å². The molecule has 6 nitrogen and oxygen atoms in total. The fourth-order valence-electron chi connectivity index (χ4n) is 4.49. The van der Waals surface area contributed by atoms with E-state index in [1.807, 2.05) is 37.3 Å². The Hall–Kier alpha value is -1.70. The Morgan fingerprint density at radius 2 is 2.00 bits per heavy atom. The zero-order chi connectivity index (χ0) is 24.7. The van der Waals surface area contributed by atoms with Crippen LogP contribution in [0.3, 0.4) is 0 Å². The summed E-state index contributed by atoms with van der Waals surface area (Å²) < 4.78 is 6.02. The Morgan fingerprint density at radius 1 is 1.21 bits per heavy atom. The first kappa shape index (κ1) is 26.9. The van der Waals surface area contributed by atoms with Crippen LogP contribution < -0.4 is 0 Å². The number of halogens is 3. The van der Waals surface area contributed by atoms with Crippen LogP contribution in [-0.2, 0) is 22.4 Å². The third-order valence-electron chi connectivity index (χ3n) is 6.27. The maximum absolute atomic E-state index is 11.6. The average Bonchev–Trinajstić information content (AvgIpc) is 3.24. The Kier molecular flexibility index (Phi) is 10.2. The number of hydrogen-bond acceptors (Lipinski definition) is 5. The van der Waals surface area contributed by atoms with Crippen LogP contribution in [0.1, 0.15) is 49.0 Å². The summed E-state index contributed by atoms with van der Waals surface area (Å²) in [4.78, 5) is 24.9. The van der Waals surface area contributed by atoms with Gasteiger partial charge in [-0.1, -0.05) is 58.2 Å². The number of carbonyl (C=O) groups is 1. The molecule has 0 amide bonds. The van der Waals surface area contributed by atoms with Crippen LogP contribution in [0.15, 0.2) is 41.6 Å². The van der Waals surface area contributed by atoms with Gasteiger partial charge in [-0.3, -0.25) is 9.69 Å². The molecule has 2 aromatic rings. The summed E-state index contributed by atoms with van der Waals surface area (Å²) in [7, 11) is 0. The highest BCUT2D eigenvalue weighted by Crippen LogP contribution is 2.30. The van der Waals surface area contributed by atoms with Crippen LogP contribution in [0.5, 0.6) is 0 Å². The number of rotatable bonds is 12. The summed E-state index contributed by atoms with van der Waals surface area (Å²) in [5.41, 5.74) is 2.70. The summed E-state index contributed by atoms with van der Waals surface area (Å²) in [6.45, 7) is 3.47. The van der Waals surface area contributed by atoms with E-state index in [9.17, 15) is 9.70 Å².